The number of hydrogen-bond donors (Lipinski definition) is 2. The number of carbonyl (C=O) groups is 1. The van der Waals surface area contributed by atoms with Gasteiger partial charge in [0.1, 0.15) is 0 Å². The van der Waals surface area contributed by atoms with E-state index in [9.17, 15) is 4.79 Å². The van der Waals surface area contributed by atoms with E-state index in [4.69, 9.17) is 28.3 Å². The molecule has 5 heteroatoms. The third-order valence-corrected chi connectivity index (χ3v) is 2.84. The topological polar surface area (TPSA) is 49.3 Å². The number of amides is 1. The molecule has 1 aromatic rings. The summed E-state index contributed by atoms with van der Waals surface area (Å²) in [5.74, 6) is -0.191. The van der Waals surface area contributed by atoms with Crippen molar-refractivity contribution in [2.45, 2.75) is 12.8 Å². The lowest BCUT2D eigenvalue weighted by Crippen LogP contribution is -2.22. The third-order valence-electron chi connectivity index (χ3n) is 2.26. The maximum absolute atomic E-state index is 11.4. The number of unbranched alkanes of at least 4 members (excludes halogenated alkanes) is 1. The Morgan fingerprint density at radius 3 is 2.83 bits per heavy atom. The first-order valence-corrected chi connectivity index (χ1v) is 6.41. The maximum atomic E-state index is 11.4. The molecular weight excluding hydrogens is 273 g/mol. The Morgan fingerprint density at radius 2 is 2.11 bits per heavy atom. The fourth-order valence-corrected chi connectivity index (χ4v) is 1.68. The Kier molecular flexibility index (Phi) is 6.80. The molecule has 2 N–H and O–H groups in total. The number of aliphatic hydroxyl groups is 1. The van der Waals surface area contributed by atoms with Gasteiger partial charge in [-0.3, -0.25) is 4.79 Å². The van der Waals surface area contributed by atoms with E-state index in [-0.39, 0.29) is 12.5 Å². The van der Waals surface area contributed by atoms with E-state index >= 15 is 0 Å². The van der Waals surface area contributed by atoms with E-state index in [0.717, 1.165) is 6.42 Å². The van der Waals surface area contributed by atoms with Gasteiger partial charge >= 0.3 is 0 Å². The van der Waals surface area contributed by atoms with Gasteiger partial charge in [0.05, 0.1) is 0 Å². The van der Waals surface area contributed by atoms with Crippen molar-refractivity contribution in [2.24, 2.45) is 0 Å². The first-order chi connectivity index (χ1) is 8.63. The lowest BCUT2D eigenvalue weighted by Gasteiger charge is -2.01. The number of benzene rings is 1. The van der Waals surface area contributed by atoms with Crippen LogP contribution < -0.4 is 5.32 Å². The molecule has 0 aromatic heterocycles. The maximum Gasteiger partial charge on any atom is 0.243 e. The molecule has 0 unspecified atom stereocenters. The minimum Gasteiger partial charge on any atom is -0.396 e. The molecule has 0 heterocycles. The molecular formula is C13H15Cl2NO2. The predicted octanol–water partition coefficient (Wildman–Crippen LogP) is 2.90. The van der Waals surface area contributed by atoms with Gasteiger partial charge in [0.15, 0.2) is 0 Å². The van der Waals surface area contributed by atoms with Crippen LogP contribution in [0.15, 0.2) is 24.3 Å². The van der Waals surface area contributed by atoms with Gasteiger partial charge in [0.2, 0.25) is 5.91 Å². The number of carbonyl (C=O) groups excluding carboxylic acids is 1. The normalized spacial score (nSPS) is 10.8. The fraction of sp³-hybridized carbons (Fsp3) is 0.308. The molecule has 98 valence electrons. The van der Waals surface area contributed by atoms with Gasteiger partial charge in [-0.25, -0.2) is 0 Å². The highest BCUT2D eigenvalue weighted by atomic mass is 35.5. The minimum atomic E-state index is -0.191. The van der Waals surface area contributed by atoms with E-state index in [0.29, 0.717) is 28.6 Å². The average Bonchev–Trinajstić information content (AvgIpc) is 2.36. The van der Waals surface area contributed by atoms with Gasteiger partial charge in [-0.15, -0.1) is 0 Å². The lowest BCUT2D eigenvalue weighted by atomic mass is 10.2. The number of rotatable bonds is 6. The smallest absolute Gasteiger partial charge is 0.243 e. The van der Waals surface area contributed by atoms with E-state index in [1.807, 2.05) is 0 Å². The quantitative estimate of drug-likeness (QED) is 0.624. The summed E-state index contributed by atoms with van der Waals surface area (Å²) in [5, 5.41) is 12.4. The lowest BCUT2D eigenvalue weighted by molar-refractivity contribution is -0.116. The van der Waals surface area contributed by atoms with Gasteiger partial charge in [-0.05, 0) is 42.7 Å². The monoisotopic (exact) mass is 287 g/mol. The summed E-state index contributed by atoms with van der Waals surface area (Å²) in [6, 6.07) is 5.07. The molecule has 1 aromatic carbocycles. The molecule has 0 aliphatic rings. The molecule has 0 saturated heterocycles. The molecule has 0 atom stereocenters. The van der Waals surface area contributed by atoms with Crippen LogP contribution in [0.1, 0.15) is 18.4 Å². The zero-order valence-electron chi connectivity index (χ0n) is 9.83. The van der Waals surface area contributed by atoms with Gasteiger partial charge in [0, 0.05) is 29.3 Å². The Bertz CT molecular complexity index is 433. The Labute approximate surface area is 116 Å². The zero-order valence-corrected chi connectivity index (χ0v) is 11.3. The van der Waals surface area contributed by atoms with Crippen molar-refractivity contribution in [1.29, 1.82) is 0 Å². The number of hydrogen-bond acceptors (Lipinski definition) is 2. The average molecular weight is 288 g/mol. The van der Waals surface area contributed by atoms with Gasteiger partial charge in [-0.2, -0.15) is 0 Å². The highest BCUT2D eigenvalue weighted by molar-refractivity contribution is 6.34. The second-order valence-electron chi connectivity index (χ2n) is 3.72. The van der Waals surface area contributed by atoms with E-state index in [1.165, 1.54) is 6.08 Å². The molecule has 0 spiro atoms. The highest BCUT2D eigenvalue weighted by Gasteiger charge is 1.99. The highest BCUT2D eigenvalue weighted by Crippen LogP contribution is 2.21. The third kappa shape index (κ3) is 5.54. The van der Waals surface area contributed by atoms with Crippen molar-refractivity contribution < 1.29 is 9.90 Å². The summed E-state index contributed by atoms with van der Waals surface area (Å²) < 4.78 is 0. The van der Waals surface area contributed by atoms with Crippen molar-refractivity contribution >= 4 is 35.2 Å². The van der Waals surface area contributed by atoms with E-state index < -0.39 is 0 Å². The SMILES string of the molecule is O=C(/C=C/c1cc(Cl)ccc1Cl)NCCCCO. The molecule has 0 aliphatic carbocycles. The number of aliphatic hydroxyl groups excluding tert-OH is 1. The predicted molar refractivity (Wildman–Crippen MR) is 74.8 cm³/mol. The van der Waals surface area contributed by atoms with Crippen LogP contribution in [0.5, 0.6) is 0 Å². The van der Waals surface area contributed by atoms with Crippen LogP contribution in [0.2, 0.25) is 10.0 Å². The first-order valence-electron chi connectivity index (χ1n) is 5.65. The summed E-state index contributed by atoms with van der Waals surface area (Å²) in [7, 11) is 0. The zero-order chi connectivity index (χ0) is 13.4. The summed E-state index contributed by atoms with van der Waals surface area (Å²) in [6.45, 7) is 0.691. The molecule has 0 bridgehead atoms. The van der Waals surface area contributed by atoms with Crippen molar-refractivity contribution in [3.05, 3.63) is 39.9 Å². The van der Waals surface area contributed by atoms with Gasteiger partial charge in [0.25, 0.3) is 0 Å². The number of halogens is 2. The number of nitrogens with one attached hydrogen (secondary N) is 1. The van der Waals surface area contributed by atoms with Crippen LogP contribution >= 0.6 is 23.2 Å². The molecule has 18 heavy (non-hydrogen) atoms. The Morgan fingerprint density at radius 1 is 1.33 bits per heavy atom. The second-order valence-corrected chi connectivity index (χ2v) is 4.56. The van der Waals surface area contributed by atoms with Crippen molar-refractivity contribution in [3.8, 4) is 0 Å². The summed E-state index contributed by atoms with van der Waals surface area (Å²) in [5.41, 5.74) is 0.703. The second kappa shape index (κ2) is 8.14. The van der Waals surface area contributed by atoms with E-state index in [1.54, 1.807) is 24.3 Å². The van der Waals surface area contributed by atoms with Crippen molar-refractivity contribution in [2.75, 3.05) is 13.2 Å². The largest absolute Gasteiger partial charge is 0.396 e. The summed E-state index contributed by atoms with van der Waals surface area (Å²) in [4.78, 5) is 11.4. The molecule has 0 saturated carbocycles. The van der Waals surface area contributed by atoms with Crippen molar-refractivity contribution in [1.82, 2.24) is 5.32 Å². The molecule has 1 rings (SSSR count). The summed E-state index contributed by atoms with van der Waals surface area (Å²) in [6.07, 6.45) is 4.48. The molecule has 0 radical (unpaired) electrons. The van der Waals surface area contributed by atoms with Crippen LogP contribution in [-0.4, -0.2) is 24.2 Å². The molecule has 0 aliphatic heterocycles. The van der Waals surface area contributed by atoms with Crippen LogP contribution in [0, 0.1) is 0 Å². The summed E-state index contributed by atoms with van der Waals surface area (Å²) >= 11 is 11.8. The van der Waals surface area contributed by atoms with Crippen LogP contribution in [-0.2, 0) is 4.79 Å². The van der Waals surface area contributed by atoms with Crippen LogP contribution in [0.4, 0.5) is 0 Å². The minimum absolute atomic E-state index is 0.143. The van der Waals surface area contributed by atoms with Gasteiger partial charge < -0.3 is 10.4 Å². The van der Waals surface area contributed by atoms with Crippen LogP contribution in [0.3, 0.4) is 0 Å². The van der Waals surface area contributed by atoms with Crippen molar-refractivity contribution in [3.63, 3.8) is 0 Å². The Hall–Kier alpha value is -1.03. The Balaban J connectivity index is 2.48. The van der Waals surface area contributed by atoms with Crippen LogP contribution in [0.25, 0.3) is 6.08 Å². The van der Waals surface area contributed by atoms with E-state index in [2.05, 4.69) is 5.32 Å². The molecule has 3 nitrogen and oxygen atoms in total. The standard InChI is InChI=1S/C13H15Cl2NO2/c14-11-4-5-12(15)10(9-11)3-6-13(18)16-7-1-2-8-17/h3-6,9,17H,1-2,7-8H2,(H,16,18)/b6-3+. The first kappa shape index (κ1) is 15.0. The molecule has 0 fully saturated rings. The fourth-order valence-electron chi connectivity index (χ4n) is 1.32. The van der Waals surface area contributed by atoms with Gasteiger partial charge in [-0.1, -0.05) is 23.2 Å². The molecule has 1 amide bonds.